The Balaban J connectivity index is 1.70. The first-order valence-corrected chi connectivity index (χ1v) is 8.56. The number of para-hydroxylation sites is 3. The molecule has 10 heteroatoms. The highest BCUT2D eigenvalue weighted by molar-refractivity contribution is 6.00. The average molecular weight is 406 g/mol. The van der Waals surface area contributed by atoms with E-state index in [1.54, 1.807) is 24.3 Å². The minimum Gasteiger partial charge on any atom is -0.465 e. The number of esters is 1. The lowest BCUT2D eigenvalue weighted by molar-refractivity contribution is -0.146. The van der Waals surface area contributed by atoms with E-state index in [0.717, 1.165) is 4.57 Å². The van der Waals surface area contributed by atoms with Crippen molar-refractivity contribution in [1.82, 2.24) is 14.9 Å². The van der Waals surface area contributed by atoms with E-state index in [0.29, 0.717) is 5.52 Å². The average Bonchev–Trinajstić information content (AvgIpc) is 3.07. The van der Waals surface area contributed by atoms with Gasteiger partial charge in [-0.05, 0) is 24.3 Å². The molecule has 3 aromatic rings. The van der Waals surface area contributed by atoms with Crippen LogP contribution in [-0.4, -0.2) is 35.2 Å². The lowest BCUT2D eigenvalue weighted by atomic mass is 10.2. The molecule has 0 saturated carbocycles. The number of urea groups is 1. The molecule has 0 aliphatic heterocycles. The Kier molecular flexibility index (Phi) is 5.71. The van der Waals surface area contributed by atoms with Gasteiger partial charge in [0.15, 0.2) is 0 Å². The Morgan fingerprint density at radius 1 is 1.10 bits per heavy atom. The summed E-state index contributed by atoms with van der Waals surface area (Å²) in [6.07, 6.45) is -4.62. The van der Waals surface area contributed by atoms with Crippen LogP contribution in [-0.2, 0) is 17.5 Å². The fraction of sp³-hybridized carbons (Fsp3) is 0.211. The highest BCUT2D eigenvalue weighted by Crippen LogP contribution is 2.31. The Morgan fingerprint density at radius 2 is 1.79 bits per heavy atom. The summed E-state index contributed by atoms with van der Waals surface area (Å²) in [5.41, 5.74) is 0.917. The molecule has 29 heavy (non-hydrogen) atoms. The standard InChI is InChI=1S/C19H17F3N4O3/c1-29-16(27)12-6-2-3-7-13(12)25-18(28)23-10-11-26-15-9-5-4-8-14(15)24-17(26)19(20,21)22/h2-9H,10-11H2,1H3,(H2,23,25,28). The molecule has 3 rings (SSSR count). The SMILES string of the molecule is COC(=O)c1ccccc1NC(=O)NCCn1c(C(F)(F)F)nc2ccccc21. The van der Waals surface area contributed by atoms with Crippen molar-refractivity contribution in [3.63, 3.8) is 0 Å². The summed E-state index contributed by atoms with van der Waals surface area (Å²) in [4.78, 5) is 27.5. The third-order valence-electron chi connectivity index (χ3n) is 4.11. The van der Waals surface area contributed by atoms with Crippen LogP contribution in [0.3, 0.4) is 0 Å². The third kappa shape index (κ3) is 4.48. The second-order valence-corrected chi connectivity index (χ2v) is 5.99. The molecule has 0 spiro atoms. The number of amides is 2. The number of ether oxygens (including phenoxy) is 1. The molecule has 1 heterocycles. The summed E-state index contributed by atoms with van der Waals surface area (Å²) < 4.78 is 45.5. The Morgan fingerprint density at radius 3 is 2.52 bits per heavy atom. The summed E-state index contributed by atoms with van der Waals surface area (Å²) in [6.45, 7) is -0.225. The minimum absolute atomic E-state index is 0.0876. The van der Waals surface area contributed by atoms with E-state index in [1.165, 1.54) is 31.4 Å². The number of carbonyl (C=O) groups is 2. The van der Waals surface area contributed by atoms with Crippen LogP contribution in [0.5, 0.6) is 0 Å². The number of hydrogen-bond donors (Lipinski definition) is 2. The van der Waals surface area contributed by atoms with Gasteiger partial charge in [0.25, 0.3) is 0 Å². The first-order chi connectivity index (χ1) is 13.8. The number of rotatable bonds is 5. The molecule has 0 radical (unpaired) electrons. The van der Waals surface area contributed by atoms with Crippen molar-refractivity contribution in [1.29, 1.82) is 0 Å². The summed E-state index contributed by atoms with van der Waals surface area (Å²) in [5, 5.41) is 4.97. The van der Waals surface area contributed by atoms with E-state index in [-0.39, 0.29) is 29.9 Å². The van der Waals surface area contributed by atoms with Crippen LogP contribution < -0.4 is 10.6 Å². The van der Waals surface area contributed by atoms with E-state index in [1.807, 2.05) is 0 Å². The molecule has 0 aliphatic rings. The molecule has 2 N–H and O–H groups in total. The molecular formula is C19H17F3N4O3. The van der Waals surface area contributed by atoms with E-state index < -0.39 is 24.0 Å². The molecule has 152 valence electrons. The van der Waals surface area contributed by atoms with Gasteiger partial charge in [-0.15, -0.1) is 0 Å². The van der Waals surface area contributed by atoms with Crippen LogP contribution in [0.1, 0.15) is 16.2 Å². The second-order valence-electron chi connectivity index (χ2n) is 5.99. The van der Waals surface area contributed by atoms with Crippen LogP contribution in [0, 0.1) is 0 Å². The molecule has 0 saturated heterocycles. The molecule has 0 fully saturated rings. The molecule has 0 bridgehead atoms. The van der Waals surface area contributed by atoms with Crippen LogP contribution in [0.15, 0.2) is 48.5 Å². The fourth-order valence-corrected chi connectivity index (χ4v) is 2.85. The van der Waals surface area contributed by atoms with Crippen LogP contribution in [0.2, 0.25) is 0 Å². The monoisotopic (exact) mass is 406 g/mol. The molecule has 2 amide bonds. The lowest BCUT2D eigenvalue weighted by Gasteiger charge is -2.13. The summed E-state index contributed by atoms with van der Waals surface area (Å²) >= 11 is 0. The predicted molar refractivity (Wildman–Crippen MR) is 99.5 cm³/mol. The van der Waals surface area contributed by atoms with Gasteiger partial charge in [-0.3, -0.25) is 0 Å². The number of aromatic nitrogens is 2. The van der Waals surface area contributed by atoms with Gasteiger partial charge in [0.05, 0.1) is 29.4 Å². The lowest BCUT2D eigenvalue weighted by Crippen LogP contribution is -2.32. The minimum atomic E-state index is -4.62. The van der Waals surface area contributed by atoms with E-state index in [9.17, 15) is 22.8 Å². The first kappa shape index (κ1) is 20.2. The van der Waals surface area contributed by atoms with Crippen molar-refractivity contribution >= 4 is 28.7 Å². The number of imidazole rings is 1. The van der Waals surface area contributed by atoms with Crippen LogP contribution >= 0.6 is 0 Å². The number of anilines is 1. The molecule has 0 aliphatic carbocycles. The van der Waals surface area contributed by atoms with Crippen molar-refractivity contribution in [2.24, 2.45) is 0 Å². The molecule has 0 unspecified atom stereocenters. The summed E-state index contributed by atoms with van der Waals surface area (Å²) in [7, 11) is 1.22. The number of halogens is 3. The van der Waals surface area contributed by atoms with Crippen molar-refractivity contribution in [2.75, 3.05) is 19.0 Å². The highest BCUT2D eigenvalue weighted by atomic mass is 19.4. The van der Waals surface area contributed by atoms with Gasteiger partial charge in [0.1, 0.15) is 0 Å². The van der Waals surface area contributed by atoms with Crippen molar-refractivity contribution < 1.29 is 27.5 Å². The molecular weight excluding hydrogens is 389 g/mol. The number of nitrogens with one attached hydrogen (secondary N) is 2. The Labute approximate surface area is 163 Å². The van der Waals surface area contributed by atoms with Gasteiger partial charge >= 0.3 is 18.2 Å². The highest BCUT2D eigenvalue weighted by Gasteiger charge is 2.37. The smallest absolute Gasteiger partial charge is 0.449 e. The van der Waals surface area contributed by atoms with Gasteiger partial charge in [0, 0.05) is 13.1 Å². The fourth-order valence-electron chi connectivity index (χ4n) is 2.85. The normalized spacial score (nSPS) is 11.3. The summed E-state index contributed by atoms with van der Waals surface area (Å²) in [6, 6.07) is 11.8. The first-order valence-electron chi connectivity index (χ1n) is 8.56. The van der Waals surface area contributed by atoms with E-state index in [2.05, 4.69) is 20.4 Å². The van der Waals surface area contributed by atoms with Gasteiger partial charge in [-0.1, -0.05) is 24.3 Å². The third-order valence-corrected chi connectivity index (χ3v) is 4.11. The number of benzene rings is 2. The van der Waals surface area contributed by atoms with E-state index in [4.69, 9.17) is 0 Å². The van der Waals surface area contributed by atoms with Crippen LogP contribution in [0.4, 0.5) is 23.7 Å². The maximum Gasteiger partial charge on any atom is 0.449 e. The second kappa shape index (κ2) is 8.21. The quantitative estimate of drug-likeness (QED) is 0.634. The number of hydrogen-bond acceptors (Lipinski definition) is 4. The maximum atomic E-state index is 13.3. The van der Waals surface area contributed by atoms with Gasteiger partial charge in [-0.2, -0.15) is 13.2 Å². The number of fused-ring (bicyclic) bond motifs is 1. The zero-order valence-electron chi connectivity index (χ0n) is 15.3. The van der Waals surface area contributed by atoms with Crippen LogP contribution in [0.25, 0.3) is 11.0 Å². The molecule has 0 atom stereocenters. The molecule has 7 nitrogen and oxygen atoms in total. The van der Waals surface area contributed by atoms with Gasteiger partial charge in [-0.25, -0.2) is 14.6 Å². The van der Waals surface area contributed by atoms with Crippen molar-refractivity contribution in [2.45, 2.75) is 12.7 Å². The number of nitrogens with zero attached hydrogens (tertiary/aromatic N) is 2. The number of alkyl halides is 3. The molecule has 1 aromatic heterocycles. The zero-order chi connectivity index (χ0) is 21.0. The van der Waals surface area contributed by atoms with Gasteiger partial charge < -0.3 is 19.9 Å². The molecule has 2 aromatic carbocycles. The maximum absolute atomic E-state index is 13.3. The Bertz CT molecular complexity index is 1050. The largest absolute Gasteiger partial charge is 0.465 e. The van der Waals surface area contributed by atoms with Crippen molar-refractivity contribution in [3.05, 3.63) is 59.9 Å². The van der Waals surface area contributed by atoms with Gasteiger partial charge in [0.2, 0.25) is 5.82 Å². The number of carbonyl (C=O) groups excluding carboxylic acids is 2. The zero-order valence-corrected chi connectivity index (χ0v) is 15.3. The Hall–Kier alpha value is -3.56. The predicted octanol–water partition coefficient (Wildman–Crippen LogP) is 3.66. The number of methoxy groups -OCH3 is 1. The van der Waals surface area contributed by atoms with Crippen molar-refractivity contribution in [3.8, 4) is 0 Å². The summed E-state index contributed by atoms with van der Waals surface area (Å²) in [5.74, 6) is -1.66. The van der Waals surface area contributed by atoms with E-state index >= 15 is 0 Å². The topological polar surface area (TPSA) is 85.2 Å².